The minimum atomic E-state index is -1.82. The van der Waals surface area contributed by atoms with E-state index in [1.165, 1.54) is 6.07 Å². The largest absolute Gasteiger partial charge is 0.473 e. The van der Waals surface area contributed by atoms with Crippen LogP contribution in [0.15, 0.2) is 42.6 Å². The molecule has 0 radical (unpaired) electrons. The molecule has 2 N–H and O–H groups in total. The van der Waals surface area contributed by atoms with E-state index in [0.717, 1.165) is 62.1 Å². The Hall–Kier alpha value is -3.33. The molecule has 8 nitrogen and oxygen atoms in total. The summed E-state index contributed by atoms with van der Waals surface area (Å²) in [6.07, 6.45) is 5.37. The summed E-state index contributed by atoms with van der Waals surface area (Å²) in [6, 6.07) is 11.2. The van der Waals surface area contributed by atoms with Crippen molar-refractivity contribution in [3.05, 3.63) is 65.2 Å². The van der Waals surface area contributed by atoms with E-state index in [1.54, 1.807) is 6.07 Å². The topological polar surface area (TPSA) is 111 Å². The van der Waals surface area contributed by atoms with Gasteiger partial charge >= 0.3 is 11.9 Å². The van der Waals surface area contributed by atoms with Gasteiger partial charge in [-0.15, -0.1) is 0 Å². The number of aliphatic carboxylic acids is 2. The number of carboxylic acids is 2. The fourth-order valence-corrected chi connectivity index (χ4v) is 5.05. The minimum absolute atomic E-state index is 0.0454. The molecule has 36 heavy (non-hydrogen) atoms. The molecule has 194 valence electrons. The number of hydrogen-bond donors (Lipinski definition) is 2. The molecule has 2 aliphatic heterocycles. The maximum atomic E-state index is 13.7. The first-order valence-electron chi connectivity index (χ1n) is 12.3. The standard InChI is InChI=1S/C25H32FN3O.C2H2O4/c1-18(2)24-23-7-6-21(26)17-20(23)10-16-29(24)25(30)19-8-13-28(14-9-19)15-11-22-5-3-4-12-27-22;3-1(4)2(5)6/h3-7,12,17-19,24H,8-11,13-16H2,1-2H3;(H,3,4)(H,5,6). The van der Waals surface area contributed by atoms with Crippen molar-refractivity contribution >= 4 is 17.8 Å². The first kappa shape index (κ1) is 27.3. The summed E-state index contributed by atoms with van der Waals surface area (Å²) in [4.78, 5) is 40.6. The quantitative estimate of drug-likeness (QED) is 0.607. The summed E-state index contributed by atoms with van der Waals surface area (Å²) in [7, 11) is 0. The van der Waals surface area contributed by atoms with Crippen LogP contribution in [0.3, 0.4) is 0 Å². The maximum absolute atomic E-state index is 13.7. The van der Waals surface area contributed by atoms with Crippen LogP contribution in [-0.2, 0) is 27.2 Å². The predicted octanol–water partition coefficient (Wildman–Crippen LogP) is 3.41. The molecule has 4 rings (SSSR count). The molecule has 2 aromatic rings. The molecule has 1 fully saturated rings. The van der Waals surface area contributed by atoms with Crippen molar-refractivity contribution in [2.24, 2.45) is 11.8 Å². The predicted molar refractivity (Wildman–Crippen MR) is 132 cm³/mol. The van der Waals surface area contributed by atoms with Gasteiger partial charge in [-0.25, -0.2) is 14.0 Å². The second-order valence-corrected chi connectivity index (χ2v) is 9.61. The number of pyridine rings is 1. The van der Waals surface area contributed by atoms with E-state index in [9.17, 15) is 9.18 Å². The Labute approximate surface area is 210 Å². The highest BCUT2D eigenvalue weighted by molar-refractivity contribution is 6.27. The van der Waals surface area contributed by atoms with Crippen LogP contribution < -0.4 is 0 Å². The number of carbonyl (C=O) groups excluding carboxylic acids is 1. The van der Waals surface area contributed by atoms with Gasteiger partial charge in [-0.3, -0.25) is 9.78 Å². The molecule has 1 unspecified atom stereocenters. The van der Waals surface area contributed by atoms with Crippen LogP contribution in [0.25, 0.3) is 0 Å². The summed E-state index contributed by atoms with van der Waals surface area (Å²) >= 11 is 0. The Morgan fingerprint density at radius 2 is 1.75 bits per heavy atom. The summed E-state index contributed by atoms with van der Waals surface area (Å²) in [5.74, 6) is -3.15. The minimum Gasteiger partial charge on any atom is -0.473 e. The zero-order valence-corrected chi connectivity index (χ0v) is 20.8. The summed E-state index contributed by atoms with van der Waals surface area (Å²) < 4.78 is 13.7. The Morgan fingerprint density at radius 3 is 2.33 bits per heavy atom. The second-order valence-electron chi connectivity index (χ2n) is 9.61. The van der Waals surface area contributed by atoms with E-state index in [1.807, 2.05) is 24.4 Å². The average molecular weight is 500 g/mol. The number of carbonyl (C=O) groups is 3. The van der Waals surface area contributed by atoms with E-state index < -0.39 is 11.9 Å². The highest BCUT2D eigenvalue weighted by Crippen LogP contribution is 2.37. The third-order valence-corrected chi connectivity index (χ3v) is 6.83. The second kappa shape index (κ2) is 12.6. The number of amides is 1. The summed E-state index contributed by atoms with van der Waals surface area (Å²) in [5, 5.41) is 14.8. The lowest BCUT2D eigenvalue weighted by Gasteiger charge is -2.42. The number of hydrogen-bond acceptors (Lipinski definition) is 5. The van der Waals surface area contributed by atoms with Crippen molar-refractivity contribution in [3.63, 3.8) is 0 Å². The van der Waals surface area contributed by atoms with Crippen LogP contribution in [0.2, 0.25) is 0 Å². The number of carboxylic acid groups (broad SMARTS) is 2. The molecule has 0 bridgehead atoms. The average Bonchev–Trinajstić information content (AvgIpc) is 2.87. The van der Waals surface area contributed by atoms with E-state index in [2.05, 4.69) is 34.7 Å². The van der Waals surface area contributed by atoms with Gasteiger partial charge in [0.1, 0.15) is 5.82 Å². The third-order valence-electron chi connectivity index (χ3n) is 6.83. The van der Waals surface area contributed by atoms with Crippen LogP contribution in [0.5, 0.6) is 0 Å². The van der Waals surface area contributed by atoms with Gasteiger partial charge in [0.05, 0.1) is 6.04 Å². The molecule has 1 saturated heterocycles. The van der Waals surface area contributed by atoms with Crippen molar-refractivity contribution in [1.29, 1.82) is 0 Å². The SMILES string of the molecule is CC(C)C1c2ccc(F)cc2CCN1C(=O)C1CCN(CCc2ccccn2)CC1.O=C(O)C(=O)O. The molecular weight excluding hydrogens is 465 g/mol. The van der Waals surface area contributed by atoms with Gasteiger partial charge in [0.15, 0.2) is 0 Å². The normalized spacial score (nSPS) is 18.2. The molecule has 1 aromatic carbocycles. The lowest BCUT2D eigenvalue weighted by Crippen LogP contribution is -2.47. The highest BCUT2D eigenvalue weighted by Gasteiger charge is 2.37. The van der Waals surface area contributed by atoms with Gasteiger partial charge in [-0.2, -0.15) is 0 Å². The molecule has 3 heterocycles. The van der Waals surface area contributed by atoms with E-state index in [-0.39, 0.29) is 23.7 Å². The smallest absolute Gasteiger partial charge is 0.414 e. The van der Waals surface area contributed by atoms with Crippen LogP contribution in [0.4, 0.5) is 4.39 Å². The monoisotopic (exact) mass is 499 g/mol. The van der Waals surface area contributed by atoms with Crippen molar-refractivity contribution < 1.29 is 29.0 Å². The molecule has 0 aliphatic carbocycles. The van der Waals surface area contributed by atoms with Gasteiger partial charge in [0.2, 0.25) is 5.91 Å². The van der Waals surface area contributed by atoms with Gasteiger partial charge in [0, 0.05) is 37.3 Å². The first-order valence-corrected chi connectivity index (χ1v) is 12.3. The van der Waals surface area contributed by atoms with Gasteiger partial charge in [-0.05, 0) is 73.7 Å². The number of aromatic nitrogens is 1. The Kier molecular flexibility index (Phi) is 9.52. The zero-order chi connectivity index (χ0) is 26.2. The van der Waals surface area contributed by atoms with Gasteiger partial charge in [-0.1, -0.05) is 26.0 Å². The Balaban J connectivity index is 0.000000538. The van der Waals surface area contributed by atoms with Crippen molar-refractivity contribution in [3.8, 4) is 0 Å². The van der Waals surface area contributed by atoms with Crippen molar-refractivity contribution in [2.75, 3.05) is 26.2 Å². The van der Waals surface area contributed by atoms with Crippen LogP contribution in [-0.4, -0.2) is 69.0 Å². The Bertz CT molecular complexity index is 1040. The van der Waals surface area contributed by atoms with Crippen molar-refractivity contribution in [2.45, 2.75) is 45.6 Å². The number of fused-ring (bicyclic) bond motifs is 1. The van der Waals surface area contributed by atoms with Gasteiger partial charge < -0.3 is 20.0 Å². The summed E-state index contributed by atoms with van der Waals surface area (Å²) in [6.45, 7) is 7.93. The zero-order valence-electron chi connectivity index (χ0n) is 20.8. The molecule has 1 amide bonds. The molecule has 0 saturated carbocycles. The number of rotatable bonds is 5. The molecular formula is C27H34FN3O5. The third kappa shape index (κ3) is 7.10. The Morgan fingerprint density at radius 1 is 1.06 bits per heavy atom. The molecule has 1 atom stereocenters. The lowest BCUT2D eigenvalue weighted by molar-refractivity contribution is -0.159. The number of likely N-dealkylation sites (tertiary alicyclic amines) is 1. The molecule has 0 spiro atoms. The number of nitrogens with zero attached hydrogens (tertiary/aromatic N) is 3. The van der Waals surface area contributed by atoms with Crippen LogP contribution >= 0.6 is 0 Å². The van der Waals surface area contributed by atoms with E-state index >= 15 is 0 Å². The van der Waals surface area contributed by atoms with Crippen LogP contribution in [0.1, 0.15) is 49.6 Å². The molecule has 1 aromatic heterocycles. The first-order chi connectivity index (χ1) is 17.2. The number of benzene rings is 1. The summed E-state index contributed by atoms with van der Waals surface area (Å²) in [5.41, 5.74) is 3.31. The molecule has 9 heteroatoms. The number of halogens is 1. The maximum Gasteiger partial charge on any atom is 0.414 e. The highest BCUT2D eigenvalue weighted by atomic mass is 19.1. The van der Waals surface area contributed by atoms with E-state index in [0.29, 0.717) is 12.5 Å². The van der Waals surface area contributed by atoms with Crippen LogP contribution in [0, 0.1) is 17.7 Å². The van der Waals surface area contributed by atoms with Gasteiger partial charge in [0.25, 0.3) is 0 Å². The fourth-order valence-electron chi connectivity index (χ4n) is 5.05. The molecule has 2 aliphatic rings. The number of piperidine rings is 1. The lowest BCUT2D eigenvalue weighted by atomic mass is 9.84. The fraction of sp³-hybridized carbons (Fsp3) is 0.481. The van der Waals surface area contributed by atoms with E-state index in [4.69, 9.17) is 19.8 Å². The van der Waals surface area contributed by atoms with Crippen molar-refractivity contribution in [1.82, 2.24) is 14.8 Å².